The highest BCUT2D eigenvalue weighted by Crippen LogP contribution is 2.22. The number of aryl methyl sites for hydroxylation is 1. The van der Waals surface area contributed by atoms with Crippen LogP contribution in [0.15, 0.2) is 47.4 Å². The summed E-state index contributed by atoms with van der Waals surface area (Å²) >= 11 is 5.85. The molecule has 0 radical (unpaired) electrons. The van der Waals surface area contributed by atoms with E-state index in [1.807, 2.05) is 0 Å². The van der Waals surface area contributed by atoms with Gasteiger partial charge in [-0.25, -0.2) is 13.2 Å². The first-order valence-electron chi connectivity index (χ1n) is 9.90. The van der Waals surface area contributed by atoms with E-state index in [4.69, 9.17) is 16.3 Å². The summed E-state index contributed by atoms with van der Waals surface area (Å²) in [6.45, 7) is 6.95. The molecule has 0 aromatic heterocycles. The third kappa shape index (κ3) is 7.42. The summed E-state index contributed by atoms with van der Waals surface area (Å²) < 4.78 is 33.4. The highest BCUT2D eigenvalue weighted by molar-refractivity contribution is 7.92. The molecule has 0 fully saturated rings. The van der Waals surface area contributed by atoms with E-state index in [1.54, 1.807) is 58.0 Å². The molecule has 0 aliphatic carbocycles. The summed E-state index contributed by atoms with van der Waals surface area (Å²) in [4.78, 5) is 24.6. The molecular weight excluding hydrogens is 454 g/mol. The Morgan fingerprint density at radius 2 is 1.72 bits per heavy atom. The third-order valence-corrected chi connectivity index (χ3v) is 6.04. The molecule has 0 bridgehead atoms. The number of benzene rings is 2. The second kappa shape index (κ2) is 10.2. The van der Waals surface area contributed by atoms with E-state index >= 15 is 0 Å². The average molecular weight is 482 g/mol. The minimum atomic E-state index is -3.88. The number of anilines is 1. The van der Waals surface area contributed by atoms with Gasteiger partial charge in [0.05, 0.1) is 4.90 Å². The normalized spacial score (nSPS) is 12.6. The van der Waals surface area contributed by atoms with Crippen LogP contribution in [0.3, 0.4) is 0 Å². The van der Waals surface area contributed by atoms with Gasteiger partial charge in [0.25, 0.3) is 10.0 Å². The van der Waals surface area contributed by atoms with Gasteiger partial charge in [0.2, 0.25) is 5.91 Å². The number of carbonyl (C=O) groups is 2. The van der Waals surface area contributed by atoms with Crippen molar-refractivity contribution in [2.45, 2.75) is 50.7 Å². The molecule has 2 amide bonds. The van der Waals surface area contributed by atoms with Crippen LogP contribution in [-0.4, -0.2) is 39.1 Å². The number of sulfonamides is 1. The van der Waals surface area contributed by atoms with Gasteiger partial charge >= 0.3 is 6.09 Å². The summed E-state index contributed by atoms with van der Waals surface area (Å²) in [5.74, 6) is -0.428. The predicted molar refractivity (Wildman–Crippen MR) is 124 cm³/mol. The van der Waals surface area contributed by atoms with E-state index in [9.17, 15) is 18.0 Å². The van der Waals surface area contributed by atoms with E-state index in [0.29, 0.717) is 16.3 Å². The molecule has 32 heavy (non-hydrogen) atoms. The molecule has 0 spiro atoms. The van der Waals surface area contributed by atoms with Crippen LogP contribution in [0.4, 0.5) is 10.5 Å². The smallest absolute Gasteiger partial charge is 0.408 e. The lowest BCUT2D eigenvalue weighted by Gasteiger charge is -2.23. The zero-order chi connectivity index (χ0) is 24.1. The van der Waals surface area contributed by atoms with Gasteiger partial charge in [0.15, 0.2) is 0 Å². The highest BCUT2D eigenvalue weighted by atomic mass is 35.5. The van der Waals surface area contributed by atoms with Crippen molar-refractivity contribution >= 4 is 39.3 Å². The van der Waals surface area contributed by atoms with Gasteiger partial charge in [-0.1, -0.05) is 17.7 Å². The van der Waals surface area contributed by atoms with Gasteiger partial charge in [-0.15, -0.1) is 0 Å². The van der Waals surface area contributed by atoms with Gasteiger partial charge in [0.1, 0.15) is 11.6 Å². The maximum Gasteiger partial charge on any atom is 0.408 e. The molecule has 2 rings (SSSR count). The Morgan fingerprint density at radius 1 is 1.09 bits per heavy atom. The number of hydrogen-bond acceptors (Lipinski definition) is 5. The van der Waals surface area contributed by atoms with Crippen molar-refractivity contribution in [2.75, 3.05) is 11.8 Å². The zero-order valence-electron chi connectivity index (χ0n) is 18.7. The Labute approximate surface area is 193 Å². The van der Waals surface area contributed by atoms with Crippen LogP contribution in [-0.2, 0) is 26.0 Å². The van der Waals surface area contributed by atoms with Gasteiger partial charge in [0, 0.05) is 24.2 Å². The van der Waals surface area contributed by atoms with E-state index in [1.165, 1.54) is 19.2 Å². The van der Waals surface area contributed by atoms with Crippen LogP contribution in [0.5, 0.6) is 0 Å². The number of rotatable bonds is 7. The first-order valence-corrected chi connectivity index (χ1v) is 11.8. The van der Waals surface area contributed by atoms with Gasteiger partial charge in [-0.2, -0.15) is 0 Å². The number of nitrogens with one attached hydrogen (secondary N) is 3. The Kier molecular flexibility index (Phi) is 8.14. The molecule has 10 heteroatoms. The van der Waals surface area contributed by atoms with Crippen molar-refractivity contribution in [1.82, 2.24) is 10.6 Å². The van der Waals surface area contributed by atoms with Crippen LogP contribution < -0.4 is 15.4 Å². The van der Waals surface area contributed by atoms with Crippen molar-refractivity contribution in [1.29, 1.82) is 0 Å². The van der Waals surface area contributed by atoms with Crippen LogP contribution in [0.1, 0.15) is 31.9 Å². The van der Waals surface area contributed by atoms with E-state index in [2.05, 4.69) is 15.4 Å². The molecular formula is C22H28ClN3O5S. The molecule has 0 aliphatic heterocycles. The maximum absolute atomic E-state index is 12.8. The fourth-order valence-corrected chi connectivity index (χ4v) is 4.05. The van der Waals surface area contributed by atoms with E-state index in [-0.39, 0.29) is 11.3 Å². The monoisotopic (exact) mass is 481 g/mol. The molecule has 3 N–H and O–H groups in total. The molecule has 0 saturated heterocycles. The molecule has 1 atom stereocenters. The zero-order valence-corrected chi connectivity index (χ0v) is 20.2. The van der Waals surface area contributed by atoms with Crippen LogP contribution in [0, 0.1) is 6.92 Å². The Hall–Kier alpha value is -2.78. The first kappa shape index (κ1) is 25.5. The Bertz CT molecular complexity index is 1080. The van der Waals surface area contributed by atoms with Crippen molar-refractivity contribution in [2.24, 2.45) is 0 Å². The second-order valence-corrected chi connectivity index (χ2v) is 10.3. The van der Waals surface area contributed by atoms with E-state index < -0.39 is 33.7 Å². The van der Waals surface area contributed by atoms with Gasteiger partial charge < -0.3 is 15.4 Å². The third-order valence-electron chi connectivity index (χ3n) is 4.41. The molecule has 0 saturated carbocycles. The number of carbonyl (C=O) groups excluding carboxylic acids is 2. The molecule has 174 valence electrons. The number of alkyl carbamates (subject to hydrolysis) is 1. The fourth-order valence-electron chi connectivity index (χ4n) is 2.82. The predicted octanol–water partition coefficient (Wildman–Crippen LogP) is 3.63. The standard InChI is InChI=1S/C22H28ClN3O5S/c1-14-6-11-18(32(29,30)26-17-9-7-16(23)8-10-17)12-15(14)13-19(20(27)24-5)25-21(28)31-22(2,3)4/h6-12,19,26H,13H2,1-5H3,(H,24,27)(H,25,28)/t19-/m0/s1. The number of ether oxygens (including phenoxy) is 1. The SMILES string of the molecule is CNC(=O)[C@H](Cc1cc(S(=O)(=O)Nc2ccc(Cl)cc2)ccc1C)NC(=O)OC(C)(C)C. The minimum absolute atomic E-state index is 0.0287. The fraction of sp³-hybridized carbons (Fsp3) is 0.364. The van der Waals surface area contributed by atoms with Crippen LogP contribution in [0.2, 0.25) is 5.02 Å². The first-order chi connectivity index (χ1) is 14.8. The topological polar surface area (TPSA) is 114 Å². The summed E-state index contributed by atoms with van der Waals surface area (Å²) in [6.07, 6.45) is -0.661. The number of likely N-dealkylation sites (N-methyl/N-ethyl adjacent to an activating group) is 1. The second-order valence-electron chi connectivity index (χ2n) is 8.22. The lowest BCUT2D eigenvalue weighted by atomic mass is 10.0. The highest BCUT2D eigenvalue weighted by Gasteiger charge is 2.25. The summed E-state index contributed by atoms with van der Waals surface area (Å²) in [5.41, 5.74) is 1.00. The largest absolute Gasteiger partial charge is 0.444 e. The Balaban J connectivity index is 2.28. The average Bonchev–Trinajstić information content (AvgIpc) is 2.68. The van der Waals surface area contributed by atoms with Crippen molar-refractivity contribution in [3.63, 3.8) is 0 Å². The van der Waals surface area contributed by atoms with Crippen molar-refractivity contribution in [3.05, 3.63) is 58.6 Å². The summed E-state index contributed by atoms with van der Waals surface area (Å²) in [6, 6.07) is 9.94. The van der Waals surface area contributed by atoms with Crippen molar-refractivity contribution < 1.29 is 22.7 Å². The molecule has 0 aliphatic rings. The summed E-state index contributed by atoms with van der Waals surface area (Å²) in [7, 11) is -2.43. The van der Waals surface area contributed by atoms with Gasteiger partial charge in [-0.05, 0) is 75.2 Å². The maximum atomic E-state index is 12.8. The van der Waals surface area contributed by atoms with Crippen molar-refractivity contribution in [3.8, 4) is 0 Å². The Morgan fingerprint density at radius 3 is 2.28 bits per heavy atom. The molecule has 8 nitrogen and oxygen atoms in total. The van der Waals surface area contributed by atoms with E-state index in [0.717, 1.165) is 5.56 Å². The lowest BCUT2D eigenvalue weighted by molar-refractivity contribution is -0.122. The van der Waals surface area contributed by atoms with Crippen LogP contribution >= 0.6 is 11.6 Å². The number of hydrogen-bond donors (Lipinski definition) is 3. The lowest BCUT2D eigenvalue weighted by Crippen LogP contribution is -2.48. The molecule has 0 unspecified atom stereocenters. The molecule has 2 aromatic carbocycles. The van der Waals surface area contributed by atoms with Crippen LogP contribution in [0.25, 0.3) is 0 Å². The quantitative estimate of drug-likeness (QED) is 0.558. The minimum Gasteiger partial charge on any atom is -0.444 e. The number of halogens is 1. The summed E-state index contributed by atoms with van der Waals surface area (Å²) in [5, 5.41) is 5.55. The molecule has 2 aromatic rings. The molecule has 0 heterocycles. The number of amides is 2. The van der Waals surface area contributed by atoms with Gasteiger partial charge in [-0.3, -0.25) is 9.52 Å².